The van der Waals surface area contributed by atoms with Gasteiger partial charge in [-0.25, -0.2) is 0 Å². The van der Waals surface area contributed by atoms with Crippen molar-refractivity contribution in [2.45, 2.75) is 90.1 Å². The largest absolute Gasteiger partial charge is 0.353 e. The zero-order valence-electron chi connectivity index (χ0n) is 16.3. The molecule has 2 amide bonds. The second-order valence-corrected chi connectivity index (χ2v) is 7.61. The quantitative estimate of drug-likeness (QED) is 0.767. The van der Waals surface area contributed by atoms with Gasteiger partial charge in [0.15, 0.2) is 0 Å². The van der Waals surface area contributed by atoms with Gasteiger partial charge in [-0.3, -0.25) is 14.5 Å². The summed E-state index contributed by atoms with van der Waals surface area (Å²) < 4.78 is 0. The van der Waals surface area contributed by atoms with Crippen LogP contribution in [0.25, 0.3) is 0 Å². The molecule has 0 radical (unpaired) electrons. The zero-order chi connectivity index (χ0) is 18.1. The Morgan fingerprint density at radius 2 is 1.60 bits per heavy atom. The molecule has 144 valence electrons. The molecule has 0 aromatic heterocycles. The number of carbonyl (C=O) groups is 2. The van der Waals surface area contributed by atoms with Crippen molar-refractivity contribution in [2.75, 3.05) is 26.2 Å². The Balaban J connectivity index is 1.68. The van der Waals surface area contributed by atoms with Crippen LogP contribution in [0.5, 0.6) is 0 Å². The van der Waals surface area contributed by atoms with Gasteiger partial charge < -0.3 is 10.2 Å². The summed E-state index contributed by atoms with van der Waals surface area (Å²) in [7, 11) is 0. The van der Waals surface area contributed by atoms with Crippen molar-refractivity contribution in [1.29, 1.82) is 0 Å². The molecule has 2 fully saturated rings. The Kier molecular flexibility index (Phi) is 8.73. The summed E-state index contributed by atoms with van der Waals surface area (Å²) in [4.78, 5) is 29.0. The Hall–Kier alpha value is -1.10. The number of amides is 2. The molecule has 1 saturated carbocycles. The molecule has 1 atom stereocenters. The maximum absolute atomic E-state index is 12.4. The van der Waals surface area contributed by atoms with Crippen molar-refractivity contribution in [2.24, 2.45) is 0 Å². The molecule has 5 nitrogen and oxygen atoms in total. The lowest BCUT2D eigenvalue weighted by Crippen LogP contribution is -2.39. The van der Waals surface area contributed by atoms with Crippen molar-refractivity contribution in [3.05, 3.63) is 0 Å². The van der Waals surface area contributed by atoms with Crippen LogP contribution in [0.2, 0.25) is 0 Å². The topological polar surface area (TPSA) is 52.7 Å². The molecule has 1 saturated heterocycles. The highest BCUT2D eigenvalue weighted by Crippen LogP contribution is 2.18. The van der Waals surface area contributed by atoms with Crippen LogP contribution in [-0.4, -0.2) is 59.9 Å². The van der Waals surface area contributed by atoms with Gasteiger partial charge in [-0.2, -0.15) is 0 Å². The predicted octanol–water partition coefficient (Wildman–Crippen LogP) is 2.94. The fraction of sp³-hybridized carbons (Fsp3) is 0.900. The zero-order valence-corrected chi connectivity index (χ0v) is 16.3. The Morgan fingerprint density at radius 1 is 0.960 bits per heavy atom. The monoisotopic (exact) mass is 351 g/mol. The summed E-state index contributed by atoms with van der Waals surface area (Å²) >= 11 is 0. The van der Waals surface area contributed by atoms with Crippen LogP contribution in [0.3, 0.4) is 0 Å². The van der Waals surface area contributed by atoms with Gasteiger partial charge in [0.05, 0.1) is 0 Å². The molecule has 1 N–H and O–H groups in total. The van der Waals surface area contributed by atoms with E-state index in [1.54, 1.807) is 0 Å². The number of hydrogen-bond acceptors (Lipinski definition) is 3. The van der Waals surface area contributed by atoms with Crippen LogP contribution < -0.4 is 5.32 Å². The van der Waals surface area contributed by atoms with E-state index >= 15 is 0 Å². The molecular weight excluding hydrogens is 314 g/mol. The number of rotatable bonds is 7. The van der Waals surface area contributed by atoms with Crippen LogP contribution >= 0.6 is 0 Å². The Morgan fingerprint density at radius 3 is 2.24 bits per heavy atom. The minimum absolute atomic E-state index is 0.0541. The number of hydrogen-bond donors (Lipinski definition) is 1. The van der Waals surface area contributed by atoms with E-state index in [0.29, 0.717) is 24.9 Å². The number of nitrogens with one attached hydrogen (secondary N) is 1. The fourth-order valence-corrected chi connectivity index (χ4v) is 4.29. The molecule has 0 aromatic carbocycles. The first kappa shape index (κ1) is 20.2. The first-order chi connectivity index (χ1) is 12.1. The highest BCUT2D eigenvalue weighted by atomic mass is 16.2. The maximum Gasteiger partial charge on any atom is 0.223 e. The first-order valence-corrected chi connectivity index (χ1v) is 10.4. The molecule has 5 heteroatoms. The van der Waals surface area contributed by atoms with E-state index < -0.39 is 0 Å². The smallest absolute Gasteiger partial charge is 0.223 e. The summed E-state index contributed by atoms with van der Waals surface area (Å²) in [5, 5.41) is 3.16. The lowest BCUT2D eigenvalue weighted by Gasteiger charge is -2.26. The summed E-state index contributed by atoms with van der Waals surface area (Å²) in [6.07, 6.45) is 10.3. The van der Waals surface area contributed by atoms with E-state index in [0.717, 1.165) is 45.4 Å². The first-order valence-electron chi connectivity index (χ1n) is 10.4. The van der Waals surface area contributed by atoms with Crippen molar-refractivity contribution < 1.29 is 9.59 Å². The number of nitrogens with zero attached hydrogens (tertiary/aromatic N) is 2. The summed E-state index contributed by atoms with van der Waals surface area (Å²) in [6, 6.07) is 0.810. The van der Waals surface area contributed by atoms with Gasteiger partial charge in [-0.05, 0) is 32.4 Å². The second kappa shape index (κ2) is 10.8. The lowest BCUT2D eigenvalue weighted by molar-refractivity contribution is -0.133. The molecule has 2 aliphatic rings. The van der Waals surface area contributed by atoms with Gasteiger partial charge in [0.2, 0.25) is 11.8 Å². The predicted molar refractivity (Wildman–Crippen MR) is 101 cm³/mol. The third-order valence-corrected chi connectivity index (χ3v) is 5.88. The van der Waals surface area contributed by atoms with Crippen LogP contribution in [0, 0.1) is 0 Å². The van der Waals surface area contributed by atoms with Gasteiger partial charge in [0, 0.05) is 38.0 Å². The lowest BCUT2D eigenvalue weighted by atomic mass is 9.96. The molecular formula is C20H37N3O2. The molecule has 1 heterocycles. The molecule has 0 spiro atoms. The number of likely N-dealkylation sites (N-methyl/N-ethyl adjacent to an activating group) is 1. The van der Waals surface area contributed by atoms with Gasteiger partial charge in [-0.1, -0.05) is 46.0 Å². The van der Waals surface area contributed by atoms with Gasteiger partial charge in [0.1, 0.15) is 0 Å². The SMILES string of the molecule is CCN(CC)C1CCN(C(=O)CCC(=O)NC2CCCCCCC2)C1. The summed E-state index contributed by atoms with van der Waals surface area (Å²) in [5.41, 5.74) is 0. The normalized spacial score (nSPS) is 22.7. The van der Waals surface area contributed by atoms with Crippen molar-refractivity contribution in [3.8, 4) is 0 Å². The van der Waals surface area contributed by atoms with Crippen LogP contribution in [0.15, 0.2) is 0 Å². The molecule has 2 rings (SSSR count). The molecule has 0 aromatic rings. The molecule has 0 bridgehead atoms. The third-order valence-electron chi connectivity index (χ3n) is 5.88. The van der Waals surface area contributed by atoms with Crippen molar-refractivity contribution in [1.82, 2.24) is 15.1 Å². The van der Waals surface area contributed by atoms with Crippen molar-refractivity contribution >= 4 is 11.8 Å². The van der Waals surface area contributed by atoms with Crippen molar-refractivity contribution in [3.63, 3.8) is 0 Å². The van der Waals surface area contributed by atoms with E-state index in [2.05, 4.69) is 24.1 Å². The molecule has 1 aliphatic carbocycles. The van der Waals surface area contributed by atoms with E-state index in [9.17, 15) is 9.59 Å². The summed E-state index contributed by atoms with van der Waals surface area (Å²) in [5.74, 6) is 0.195. The van der Waals surface area contributed by atoms with E-state index in [4.69, 9.17) is 0 Å². The number of carbonyl (C=O) groups excluding carboxylic acids is 2. The fourth-order valence-electron chi connectivity index (χ4n) is 4.29. The van der Waals surface area contributed by atoms with E-state index in [1.165, 1.54) is 32.1 Å². The Labute approximate surface area is 153 Å². The highest BCUT2D eigenvalue weighted by Gasteiger charge is 2.29. The van der Waals surface area contributed by atoms with Crippen LogP contribution in [0.4, 0.5) is 0 Å². The van der Waals surface area contributed by atoms with E-state index in [-0.39, 0.29) is 11.8 Å². The maximum atomic E-state index is 12.4. The average molecular weight is 352 g/mol. The summed E-state index contributed by atoms with van der Waals surface area (Å²) in [6.45, 7) is 8.08. The highest BCUT2D eigenvalue weighted by molar-refractivity contribution is 5.84. The van der Waals surface area contributed by atoms with Crippen LogP contribution in [-0.2, 0) is 9.59 Å². The van der Waals surface area contributed by atoms with Crippen LogP contribution in [0.1, 0.15) is 78.1 Å². The van der Waals surface area contributed by atoms with Gasteiger partial charge >= 0.3 is 0 Å². The average Bonchev–Trinajstić information content (AvgIpc) is 3.06. The number of likely N-dealkylation sites (tertiary alicyclic amines) is 1. The standard InChI is InChI=1S/C20H37N3O2/c1-3-22(4-2)18-14-15-23(16-18)20(25)13-12-19(24)21-17-10-8-6-5-7-9-11-17/h17-18H,3-16H2,1-2H3,(H,21,24). The minimum Gasteiger partial charge on any atom is -0.353 e. The molecule has 25 heavy (non-hydrogen) atoms. The second-order valence-electron chi connectivity index (χ2n) is 7.61. The Bertz CT molecular complexity index is 415. The van der Waals surface area contributed by atoms with E-state index in [1.807, 2.05) is 4.90 Å². The minimum atomic E-state index is 0.0541. The third kappa shape index (κ3) is 6.61. The van der Waals surface area contributed by atoms with Gasteiger partial charge in [-0.15, -0.1) is 0 Å². The van der Waals surface area contributed by atoms with Gasteiger partial charge in [0.25, 0.3) is 0 Å². The molecule has 1 aliphatic heterocycles. The molecule has 1 unspecified atom stereocenters.